The second-order valence-electron chi connectivity index (χ2n) is 2.75. The molecule has 5 nitrogen and oxygen atoms in total. The number of nitrogens with one attached hydrogen (secondary N) is 1. The van der Waals surface area contributed by atoms with E-state index in [1.54, 1.807) is 19.2 Å². The minimum atomic E-state index is 0.592. The molecule has 0 spiro atoms. The molecular formula is C9H11N3O2. The Balaban J connectivity index is 2.58. The lowest BCUT2D eigenvalue weighted by molar-refractivity contribution is 0.339. The van der Waals surface area contributed by atoms with Crippen LogP contribution in [-0.4, -0.2) is 29.1 Å². The molecule has 0 aliphatic carbocycles. The highest BCUT2D eigenvalue weighted by molar-refractivity contribution is 5.82. The number of rotatable bonds is 3. The maximum Gasteiger partial charge on any atom is 0.155 e. The van der Waals surface area contributed by atoms with Crippen molar-refractivity contribution in [2.75, 3.05) is 13.7 Å². The summed E-state index contributed by atoms with van der Waals surface area (Å²) in [5.74, 6) is 1.41. The quantitative estimate of drug-likeness (QED) is 0.799. The smallest absolute Gasteiger partial charge is 0.155 e. The summed E-state index contributed by atoms with van der Waals surface area (Å²) in [6, 6.07) is 3.61. The number of methoxy groups -OCH3 is 1. The summed E-state index contributed by atoms with van der Waals surface area (Å²) in [6.07, 6.45) is 0. The number of ether oxygens (including phenoxy) is 2. The molecule has 0 saturated carbocycles. The van der Waals surface area contributed by atoms with Crippen LogP contribution in [0.5, 0.6) is 11.5 Å². The Kier molecular flexibility index (Phi) is 2.22. The Hall–Kier alpha value is -1.78. The zero-order valence-electron chi connectivity index (χ0n) is 8.07. The van der Waals surface area contributed by atoms with Crippen molar-refractivity contribution in [2.24, 2.45) is 0 Å². The van der Waals surface area contributed by atoms with Crippen molar-refractivity contribution in [1.82, 2.24) is 15.4 Å². The van der Waals surface area contributed by atoms with Gasteiger partial charge in [0, 0.05) is 12.1 Å². The fraction of sp³-hybridized carbons (Fsp3) is 0.333. The fourth-order valence-corrected chi connectivity index (χ4v) is 1.28. The molecule has 0 aliphatic heterocycles. The minimum absolute atomic E-state index is 0.592. The molecule has 0 atom stereocenters. The number of hydrogen-bond donors (Lipinski definition) is 1. The molecule has 0 unspecified atom stereocenters. The summed E-state index contributed by atoms with van der Waals surface area (Å²) < 4.78 is 10.5. The standard InChI is InChI=1S/C9H11N3O2/c1-3-14-8-5-6(13-2)4-7-9(8)11-12-10-7/h4-5H,3H2,1-2H3,(H,10,11,12). The minimum Gasteiger partial charge on any atom is -0.497 e. The number of aromatic amines is 1. The zero-order valence-corrected chi connectivity index (χ0v) is 8.07. The highest BCUT2D eigenvalue weighted by Crippen LogP contribution is 2.28. The molecular weight excluding hydrogens is 182 g/mol. The van der Waals surface area contributed by atoms with Gasteiger partial charge >= 0.3 is 0 Å². The first-order valence-corrected chi connectivity index (χ1v) is 4.36. The van der Waals surface area contributed by atoms with E-state index in [0.717, 1.165) is 16.8 Å². The van der Waals surface area contributed by atoms with Crippen LogP contribution in [0.15, 0.2) is 12.1 Å². The molecule has 1 aromatic heterocycles. The van der Waals surface area contributed by atoms with Gasteiger partial charge in [0.15, 0.2) is 11.3 Å². The molecule has 1 aromatic carbocycles. The molecule has 1 heterocycles. The van der Waals surface area contributed by atoms with Crippen LogP contribution < -0.4 is 9.47 Å². The molecule has 0 radical (unpaired) electrons. The van der Waals surface area contributed by atoms with Crippen LogP contribution in [0.25, 0.3) is 11.0 Å². The molecule has 2 rings (SSSR count). The van der Waals surface area contributed by atoms with Gasteiger partial charge in [0.1, 0.15) is 11.3 Å². The van der Waals surface area contributed by atoms with Crippen molar-refractivity contribution in [3.63, 3.8) is 0 Å². The summed E-state index contributed by atoms with van der Waals surface area (Å²) in [4.78, 5) is 0. The van der Waals surface area contributed by atoms with Crippen LogP contribution in [0.2, 0.25) is 0 Å². The van der Waals surface area contributed by atoms with Gasteiger partial charge in [-0.2, -0.15) is 15.4 Å². The van der Waals surface area contributed by atoms with Gasteiger partial charge in [-0.15, -0.1) is 0 Å². The van der Waals surface area contributed by atoms with Gasteiger partial charge in [-0.05, 0) is 6.92 Å². The van der Waals surface area contributed by atoms with Crippen molar-refractivity contribution in [1.29, 1.82) is 0 Å². The first-order chi connectivity index (χ1) is 6.85. The lowest BCUT2D eigenvalue weighted by atomic mass is 10.2. The summed E-state index contributed by atoms with van der Waals surface area (Å²) in [7, 11) is 1.61. The van der Waals surface area contributed by atoms with Crippen LogP contribution in [0, 0.1) is 0 Å². The molecule has 74 valence electrons. The Bertz CT molecular complexity index is 439. The SMILES string of the molecule is CCOc1cc(OC)cc2n[nH]nc12. The summed E-state index contributed by atoms with van der Waals surface area (Å²) >= 11 is 0. The van der Waals surface area contributed by atoms with Crippen molar-refractivity contribution in [3.8, 4) is 11.5 Å². The Morgan fingerprint density at radius 1 is 1.36 bits per heavy atom. The Labute approximate surface area is 81.0 Å². The predicted molar refractivity (Wildman–Crippen MR) is 51.6 cm³/mol. The molecule has 0 bridgehead atoms. The first kappa shape index (κ1) is 8.80. The Morgan fingerprint density at radius 2 is 2.21 bits per heavy atom. The first-order valence-electron chi connectivity index (χ1n) is 4.36. The van der Waals surface area contributed by atoms with E-state index < -0.39 is 0 Å². The summed E-state index contributed by atoms with van der Waals surface area (Å²) in [5.41, 5.74) is 1.47. The van der Waals surface area contributed by atoms with Gasteiger partial charge in [-0.25, -0.2) is 0 Å². The molecule has 0 aliphatic rings. The zero-order chi connectivity index (χ0) is 9.97. The number of aromatic nitrogens is 3. The number of H-pyrrole nitrogens is 1. The van der Waals surface area contributed by atoms with Crippen LogP contribution >= 0.6 is 0 Å². The van der Waals surface area contributed by atoms with E-state index in [1.165, 1.54) is 0 Å². The fourth-order valence-electron chi connectivity index (χ4n) is 1.28. The molecule has 0 saturated heterocycles. The molecule has 1 N–H and O–H groups in total. The molecule has 2 aromatic rings. The summed E-state index contributed by atoms with van der Waals surface area (Å²) in [6.45, 7) is 2.51. The van der Waals surface area contributed by atoms with Gasteiger partial charge < -0.3 is 9.47 Å². The second kappa shape index (κ2) is 3.53. The van der Waals surface area contributed by atoms with Gasteiger partial charge in [-0.3, -0.25) is 0 Å². The number of nitrogens with zero attached hydrogens (tertiary/aromatic N) is 2. The lowest BCUT2D eigenvalue weighted by Crippen LogP contribution is -1.93. The van der Waals surface area contributed by atoms with Crippen molar-refractivity contribution in [3.05, 3.63) is 12.1 Å². The van der Waals surface area contributed by atoms with E-state index in [1.807, 2.05) is 6.92 Å². The highest BCUT2D eigenvalue weighted by Gasteiger charge is 2.08. The summed E-state index contributed by atoms with van der Waals surface area (Å²) in [5, 5.41) is 10.5. The van der Waals surface area contributed by atoms with Crippen molar-refractivity contribution >= 4 is 11.0 Å². The van der Waals surface area contributed by atoms with E-state index in [2.05, 4.69) is 15.4 Å². The van der Waals surface area contributed by atoms with E-state index in [-0.39, 0.29) is 0 Å². The third-order valence-corrected chi connectivity index (χ3v) is 1.90. The Morgan fingerprint density at radius 3 is 2.93 bits per heavy atom. The molecule has 0 amide bonds. The maximum absolute atomic E-state index is 5.42. The van der Waals surface area contributed by atoms with Crippen LogP contribution in [0.4, 0.5) is 0 Å². The topological polar surface area (TPSA) is 60.0 Å². The molecule has 5 heteroatoms. The van der Waals surface area contributed by atoms with E-state index in [4.69, 9.17) is 9.47 Å². The second-order valence-corrected chi connectivity index (χ2v) is 2.75. The van der Waals surface area contributed by atoms with E-state index in [0.29, 0.717) is 12.4 Å². The van der Waals surface area contributed by atoms with E-state index >= 15 is 0 Å². The largest absolute Gasteiger partial charge is 0.497 e. The van der Waals surface area contributed by atoms with E-state index in [9.17, 15) is 0 Å². The molecule has 0 fully saturated rings. The van der Waals surface area contributed by atoms with Crippen molar-refractivity contribution < 1.29 is 9.47 Å². The van der Waals surface area contributed by atoms with Crippen molar-refractivity contribution in [2.45, 2.75) is 6.92 Å². The highest BCUT2D eigenvalue weighted by atomic mass is 16.5. The number of fused-ring (bicyclic) bond motifs is 1. The van der Waals surface area contributed by atoms with Gasteiger partial charge in [0.2, 0.25) is 0 Å². The van der Waals surface area contributed by atoms with Crippen LogP contribution in [0.1, 0.15) is 6.92 Å². The number of benzene rings is 1. The van der Waals surface area contributed by atoms with Gasteiger partial charge in [-0.1, -0.05) is 0 Å². The predicted octanol–water partition coefficient (Wildman–Crippen LogP) is 1.37. The normalized spacial score (nSPS) is 10.4. The maximum atomic E-state index is 5.42. The monoisotopic (exact) mass is 193 g/mol. The van der Waals surface area contributed by atoms with Gasteiger partial charge in [0.25, 0.3) is 0 Å². The van der Waals surface area contributed by atoms with Gasteiger partial charge in [0.05, 0.1) is 13.7 Å². The van der Waals surface area contributed by atoms with Crippen LogP contribution in [0.3, 0.4) is 0 Å². The lowest BCUT2D eigenvalue weighted by Gasteiger charge is -2.05. The third kappa shape index (κ3) is 1.37. The molecule has 14 heavy (non-hydrogen) atoms. The average molecular weight is 193 g/mol. The average Bonchev–Trinajstić information content (AvgIpc) is 2.66. The van der Waals surface area contributed by atoms with Crippen LogP contribution in [-0.2, 0) is 0 Å². The third-order valence-electron chi connectivity index (χ3n) is 1.90. The number of hydrogen-bond acceptors (Lipinski definition) is 4.